The maximum Gasteiger partial charge on any atom is 0.252 e. The van der Waals surface area contributed by atoms with Gasteiger partial charge >= 0.3 is 0 Å². The lowest BCUT2D eigenvalue weighted by atomic mass is 10.1. The third kappa shape index (κ3) is 2.32. The summed E-state index contributed by atoms with van der Waals surface area (Å²) in [5, 5.41) is 47.7. The van der Waals surface area contributed by atoms with E-state index in [-0.39, 0.29) is 13.2 Å². The van der Waals surface area contributed by atoms with Crippen LogP contribution in [0.2, 0.25) is 0 Å². The Kier molecular flexibility index (Phi) is 4.19. The van der Waals surface area contributed by atoms with Gasteiger partial charge in [0.1, 0.15) is 12.2 Å². The van der Waals surface area contributed by atoms with E-state index in [9.17, 15) is 20.1 Å². The molecule has 0 saturated carbocycles. The lowest BCUT2D eigenvalue weighted by molar-refractivity contribution is -0.244. The number of hydrogen-bond donors (Lipinski definition) is 6. The highest BCUT2D eigenvalue weighted by atomic mass is 16.7. The first-order valence-corrected chi connectivity index (χ1v) is 4.72. The average Bonchev–Trinajstić information content (AvgIpc) is 2.51. The fraction of sp³-hybridized carbons (Fsp3) is 0.875. The van der Waals surface area contributed by atoms with E-state index in [1.807, 2.05) is 0 Å². The maximum atomic E-state index is 11.4. The van der Waals surface area contributed by atoms with Crippen LogP contribution in [0.15, 0.2) is 0 Å². The van der Waals surface area contributed by atoms with Gasteiger partial charge in [-0.3, -0.25) is 4.79 Å². The number of carbonyl (C=O) groups is 1. The van der Waals surface area contributed by atoms with Crippen LogP contribution >= 0.6 is 0 Å². The van der Waals surface area contributed by atoms with Gasteiger partial charge in [-0.1, -0.05) is 0 Å². The third-order valence-corrected chi connectivity index (χ3v) is 2.32. The summed E-state index contributed by atoms with van der Waals surface area (Å²) >= 11 is 0. The fourth-order valence-electron chi connectivity index (χ4n) is 1.41. The van der Waals surface area contributed by atoms with Crippen LogP contribution < -0.4 is 5.32 Å². The Balaban J connectivity index is 2.67. The van der Waals surface area contributed by atoms with Gasteiger partial charge in [0.05, 0.1) is 13.2 Å². The minimum Gasteiger partial charge on any atom is -0.395 e. The zero-order chi connectivity index (χ0) is 12.3. The van der Waals surface area contributed by atoms with E-state index in [4.69, 9.17) is 14.9 Å². The summed E-state index contributed by atoms with van der Waals surface area (Å²) in [4.78, 5) is 11.4. The molecule has 0 spiro atoms. The Morgan fingerprint density at radius 1 is 1.38 bits per heavy atom. The molecular weight excluding hydrogens is 222 g/mol. The molecule has 0 aromatic carbocycles. The summed E-state index contributed by atoms with van der Waals surface area (Å²) < 4.78 is 4.69. The molecule has 1 fully saturated rings. The molecule has 1 aliphatic heterocycles. The van der Waals surface area contributed by atoms with E-state index in [1.54, 1.807) is 0 Å². The zero-order valence-corrected chi connectivity index (χ0v) is 8.41. The van der Waals surface area contributed by atoms with Gasteiger partial charge in [-0.2, -0.15) is 0 Å². The van der Waals surface area contributed by atoms with Crippen molar-refractivity contribution < 1.29 is 35.1 Å². The van der Waals surface area contributed by atoms with E-state index in [0.29, 0.717) is 0 Å². The van der Waals surface area contributed by atoms with Gasteiger partial charge in [-0.15, -0.1) is 0 Å². The first kappa shape index (κ1) is 13.3. The molecule has 4 atom stereocenters. The molecule has 8 nitrogen and oxygen atoms in total. The number of nitrogens with one attached hydrogen (secondary N) is 1. The van der Waals surface area contributed by atoms with Gasteiger partial charge in [0.15, 0.2) is 6.10 Å². The van der Waals surface area contributed by atoms with Crippen LogP contribution in [0.4, 0.5) is 0 Å². The lowest BCUT2D eigenvalue weighted by Gasteiger charge is -2.22. The fourth-order valence-corrected chi connectivity index (χ4v) is 1.41. The van der Waals surface area contributed by atoms with Crippen LogP contribution in [0.25, 0.3) is 0 Å². The summed E-state index contributed by atoms with van der Waals surface area (Å²) in [5.41, 5.74) is 0. The van der Waals surface area contributed by atoms with E-state index >= 15 is 0 Å². The van der Waals surface area contributed by atoms with E-state index in [1.165, 1.54) is 0 Å². The van der Waals surface area contributed by atoms with Crippen LogP contribution in [-0.2, 0) is 9.53 Å². The normalized spacial score (nSPS) is 38.7. The Hall–Kier alpha value is -0.770. The molecular formula is C8H15NO7. The van der Waals surface area contributed by atoms with Crippen LogP contribution in [0.5, 0.6) is 0 Å². The highest BCUT2D eigenvalue weighted by Crippen LogP contribution is 2.28. The molecule has 0 aromatic heterocycles. The predicted octanol–water partition coefficient (Wildman–Crippen LogP) is -4.10. The zero-order valence-electron chi connectivity index (χ0n) is 8.41. The van der Waals surface area contributed by atoms with E-state index in [0.717, 1.165) is 0 Å². The minimum atomic E-state index is -2.35. The monoisotopic (exact) mass is 237 g/mol. The molecule has 0 radical (unpaired) electrons. The number of hydrogen-bond acceptors (Lipinski definition) is 7. The Bertz CT molecular complexity index is 261. The number of amides is 1. The predicted molar refractivity (Wildman–Crippen MR) is 49.0 cm³/mol. The van der Waals surface area contributed by atoms with Crippen LogP contribution in [0.1, 0.15) is 0 Å². The van der Waals surface area contributed by atoms with Crippen molar-refractivity contribution in [2.45, 2.75) is 24.1 Å². The summed E-state index contributed by atoms with van der Waals surface area (Å²) in [6, 6.07) is 0. The molecule has 6 N–H and O–H groups in total. The summed E-state index contributed by atoms with van der Waals surface area (Å²) in [6.45, 7) is -1.28. The second kappa shape index (κ2) is 5.04. The SMILES string of the molecule is O=C(NCCO)[C@H]1O[C@](O)(CO)[C@@H](O)[C@@H]1O. The van der Waals surface area contributed by atoms with Crippen LogP contribution in [0, 0.1) is 0 Å². The molecule has 94 valence electrons. The molecule has 0 bridgehead atoms. The van der Waals surface area contributed by atoms with E-state index in [2.05, 4.69) is 5.32 Å². The molecule has 0 aromatic rings. The Morgan fingerprint density at radius 3 is 2.44 bits per heavy atom. The molecule has 8 heteroatoms. The summed E-state index contributed by atoms with van der Waals surface area (Å²) in [5.74, 6) is -3.13. The van der Waals surface area contributed by atoms with Crippen LogP contribution in [0.3, 0.4) is 0 Å². The average molecular weight is 237 g/mol. The van der Waals surface area contributed by atoms with E-state index < -0.39 is 36.6 Å². The molecule has 1 amide bonds. The highest BCUT2D eigenvalue weighted by Gasteiger charge is 2.55. The largest absolute Gasteiger partial charge is 0.395 e. The topological polar surface area (TPSA) is 139 Å². The smallest absolute Gasteiger partial charge is 0.252 e. The van der Waals surface area contributed by atoms with Crippen molar-refractivity contribution in [2.75, 3.05) is 19.8 Å². The van der Waals surface area contributed by atoms with Crippen molar-refractivity contribution in [1.29, 1.82) is 0 Å². The van der Waals surface area contributed by atoms with Gasteiger partial charge in [0.25, 0.3) is 5.91 Å². The van der Waals surface area contributed by atoms with Gasteiger partial charge in [-0.05, 0) is 0 Å². The second-order valence-electron chi connectivity index (χ2n) is 3.49. The molecule has 16 heavy (non-hydrogen) atoms. The van der Waals surface area contributed by atoms with Crippen molar-refractivity contribution in [3.05, 3.63) is 0 Å². The molecule has 1 aliphatic rings. The molecule has 0 aliphatic carbocycles. The number of carbonyl (C=O) groups excluding carboxylic acids is 1. The van der Waals surface area contributed by atoms with Gasteiger partial charge in [0, 0.05) is 6.54 Å². The van der Waals surface area contributed by atoms with Crippen molar-refractivity contribution >= 4 is 5.91 Å². The first-order chi connectivity index (χ1) is 7.46. The van der Waals surface area contributed by atoms with Gasteiger partial charge < -0.3 is 35.6 Å². The minimum absolute atomic E-state index is 0.0426. The van der Waals surface area contributed by atoms with Crippen molar-refractivity contribution in [1.82, 2.24) is 5.32 Å². The van der Waals surface area contributed by atoms with Gasteiger partial charge in [0.2, 0.25) is 5.79 Å². The number of ether oxygens (including phenoxy) is 1. The molecule has 1 saturated heterocycles. The summed E-state index contributed by atoms with van der Waals surface area (Å²) in [6.07, 6.45) is -4.91. The van der Waals surface area contributed by atoms with Gasteiger partial charge in [-0.25, -0.2) is 0 Å². The Morgan fingerprint density at radius 2 is 2.00 bits per heavy atom. The Labute approximate surface area is 91.1 Å². The molecule has 0 unspecified atom stereocenters. The lowest BCUT2D eigenvalue weighted by Crippen LogP contribution is -2.46. The number of aliphatic hydroxyl groups is 5. The quantitative estimate of drug-likeness (QED) is 0.292. The maximum absolute atomic E-state index is 11.4. The number of aliphatic hydroxyl groups excluding tert-OH is 4. The third-order valence-electron chi connectivity index (χ3n) is 2.32. The summed E-state index contributed by atoms with van der Waals surface area (Å²) in [7, 11) is 0. The van der Waals surface area contributed by atoms with Crippen molar-refractivity contribution in [2.24, 2.45) is 0 Å². The van der Waals surface area contributed by atoms with Crippen LogP contribution in [-0.4, -0.2) is 75.3 Å². The molecule has 1 heterocycles. The van der Waals surface area contributed by atoms with Crippen molar-refractivity contribution in [3.63, 3.8) is 0 Å². The number of rotatable bonds is 4. The first-order valence-electron chi connectivity index (χ1n) is 4.72. The second-order valence-corrected chi connectivity index (χ2v) is 3.49. The standard InChI is InChI=1S/C8H15NO7/c10-2-1-9-7(14)5-4(12)6(13)8(15,3-11)16-5/h4-6,10-13,15H,1-3H2,(H,9,14)/t4-,5+,6+,8-/m1/s1. The highest BCUT2D eigenvalue weighted by molar-refractivity contribution is 5.82. The van der Waals surface area contributed by atoms with Crippen molar-refractivity contribution in [3.8, 4) is 0 Å². The molecule has 1 rings (SSSR count).